The van der Waals surface area contributed by atoms with Gasteiger partial charge in [0.1, 0.15) is 0 Å². The molecular formula is C18H31IN4O. The lowest BCUT2D eigenvalue weighted by Gasteiger charge is -2.15. The van der Waals surface area contributed by atoms with Crippen LogP contribution in [0.2, 0.25) is 0 Å². The van der Waals surface area contributed by atoms with Gasteiger partial charge in [0.05, 0.1) is 13.1 Å². The molecule has 6 heteroatoms. The number of guanidine groups is 1. The second-order valence-corrected chi connectivity index (χ2v) is 5.78. The summed E-state index contributed by atoms with van der Waals surface area (Å²) in [5.74, 6) is 0.728. The van der Waals surface area contributed by atoms with Gasteiger partial charge in [0.2, 0.25) is 5.91 Å². The molecule has 1 aromatic rings. The molecule has 0 unspecified atom stereocenters. The number of carbonyl (C=O) groups excluding carboxylic acids is 1. The Kier molecular flexibility index (Phi) is 13.3. The summed E-state index contributed by atoms with van der Waals surface area (Å²) in [5, 5.41) is 6.42. The van der Waals surface area contributed by atoms with Crippen molar-refractivity contribution in [3.8, 4) is 0 Å². The van der Waals surface area contributed by atoms with Crippen LogP contribution in [0.1, 0.15) is 38.2 Å². The molecule has 1 aromatic carbocycles. The van der Waals surface area contributed by atoms with Crippen molar-refractivity contribution in [1.82, 2.24) is 15.5 Å². The molecule has 0 atom stereocenters. The van der Waals surface area contributed by atoms with Gasteiger partial charge in [-0.2, -0.15) is 0 Å². The van der Waals surface area contributed by atoms with Gasteiger partial charge in [-0.3, -0.25) is 4.79 Å². The first-order chi connectivity index (χ1) is 11.1. The number of carbonyl (C=O) groups is 1. The van der Waals surface area contributed by atoms with Crippen LogP contribution in [0.25, 0.3) is 0 Å². The number of aliphatic imine (C=N–C) groups is 1. The van der Waals surface area contributed by atoms with Gasteiger partial charge in [0.25, 0.3) is 0 Å². The van der Waals surface area contributed by atoms with Gasteiger partial charge < -0.3 is 15.5 Å². The van der Waals surface area contributed by atoms with Gasteiger partial charge in [-0.25, -0.2) is 4.99 Å². The Hall–Kier alpha value is -1.31. The molecule has 0 aliphatic rings. The van der Waals surface area contributed by atoms with Gasteiger partial charge in [-0.05, 0) is 12.0 Å². The number of hydrogen-bond acceptors (Lipinski definition) is 2. The number of nitrogens with one attached hydrogen (secondary N) is 2. The van der Waals surface area contributed by atoms with Crippen LogP contribution in [0.5, 0.6) is 0 Å². The maximum atomic E-state index is 11.7. The van der Waals surface area contributed by atoms with Crippen LogP contribution >= 0.6 is 24.0 Å². The average Bonchev–Trinajstić information content (AvgIpc) is 2.56. The van der Waals surface area contributed by atoms with Crippen molar-refractivity contribution in [2.75, 3.05) is 27.2 Å². The lowest BCUT2D eigenvalue weighted by molar-refractivity contribution is -0.127. The summed E-state index contributed by atoms with van der Waals surface area (Å²) in [4.78, 5) is 17.9. The zero-order valence-electron chi connectivity index (χ0n) is 15.0. The molecule has 0 fully saturated rings. The molecule has 136 valence electrons. The molecule has 0 saturated heterocycles. The minimum atomic E-state index is 0. The molecule has 0 aliphatic heterocycles. The third kappa shape index (κ3) is 10.5. The number of rotatable bonds is 9. The van der Waals surface area contributed by atoms with E-state index in [1.165, 1.54) is 19.3 Å². The number of amides is 1. The second kappa shape index (κ2) is 14.1. The molecule has 1 rings (SSSR count). The third-order valence-electron chi connectivity index (χ3n) is 3.49. The Labute approximate surface area is 163 Å². The Balaban J connectivity index is 0.00000529. The van der Waals surface area contributed by atoms with Crippen LogP contribution in [0, 0.1) is 0 Å². The first kappa shape index (κ1) is 22.7. The van der Waals surface area contributed by atoms with Crippen LogP contribution in [0.3, 0.4) is 0 Å². The molecule has 2 N–H and O–H groups in total. The SMILES string of the molecule is CCCCCCNC(=NCc1ccccc1)NCC(=O)N(C)C.I. The largest absolute Gasteiger partial charge is 0.356 e. The molecular weight excluding hydrogens is 415 g/mol. The fourth-order valence-electron chi connectivity index (χ4n) is 2.00. The van der Waals surface area contributed by atoms with Crippen molar-refractivity contribution >= 4 is 35.8 Å². The van der Waals surface area contributed by atoms with E-state index < -0.39 is 0 Å². The smallest absolute Gasteiger partial charge is 0.241 e. The van der Waals surface area contributed by atoms with Crippen molar-refractivity contribution in [1.29, 1.82) is 0 Å². The zero-order valence-corrected chi connectivity index (χ0v) is 17.4. The number of unbranched alkanes of at least 4 members (excludes halogenated alkanes) is 3. The molecule has 0 heterocycles. The van der Waals surface area contributed by atoms with Crippen molar-refractivity contribution < 1.29 is 4.79 Å². The van der Waals surface area contributed by atoms with E-state index in [9.17, 15) is 4.79 Å². The molecule has 0 aliphatic carbocycles. The quantitative estimate of drug-likeness (QED) is 0.266. The molecule has 0 spiro atoms. The van der Waals surface area contributed by atoms with Gasteiger partial charge in [0.15, 0.2) is 5.96 Å². The monoisotopic (exact) mass is 446 g/mol. The van der Waals surface area contributed by atoms with Gasteiger partial charge in [-0.1, -0.05) is 56.5 Å². The summed E-state index contributed by atoms with van der Waals surface area (Å²) >= 11 is 0. The van der Waals surface area contributed by atoms with Gasteiger partial charge >= 0.3 is 0 Å². The van der Waals surface area contributed by atoms with Crippen LogP contribution in [0.15, 0.2) is 35.3 Å². The normalized spacial score (nSPS) is 10.7. The first-order valence-corrected chi connectivity index (χ1v) is 8.39. The van der Waals surface area contributed by atoms with E-state index >= 15 is 0 Å². The molecule has 0 aromatic heterocycles. The maximum absolute atomic E-state index is 11.7. The van der Waals surface area contributed by atoms with Crippen LogP contribution in [-0.4, -0.2) is 44.0 Å². The lowest BCUT2D eigenvalue weighted by Crippen LogP contribution is -2.43. The number of halogens is 1. The Morgan fingerprint density at radius 1 is 1.08 bits per heavy atom. The van der Waals surface area contributed by atoms with Gasteiger partial charge in [-0.15, -0.1) is 24.0 Å². The molecule has 5 nitrogen and oxygen atoms in total. The highest BCUT2D eigenvalue weighted by molar-refractivity contribution is 14.0. The Morgan fingerprint density at radius 3 is 2.42 bits per heavy atom. The minimum Gasteiger partial charge on any atom is -0.356 e. The first-order valence-electron chi connectivity index (χ1n) is 8.39. The van der Waals surface area contributed by atoms with E-state index in [0.717, 1.165) is 18.5 Å². The summed E-state index contributed by atoms with van der Waals surface area (Å²) < 4.78 is 0. The summed E-state index contributed by atoms with van der Waals surface area (Å²) in [5.41, 5.74) is 1.15. The van der Waals surface area contributed by atoms with Crippen molar-refractivity contribution in [2.45, 2.75) is 39.2 Å². The van der Waals surface area contributed by atoms with E-state index in [2.05, 4.69) is 22.5 Å². The molecule has 0 radical (unpaired) electrons. The highest BCUT2D eigenvalue weighted by Crippen LogP contribution is 2.00. The average molecular weight is 446 g/mol. The maximum Gasteiger partial charge on any atom is 0.241 e. The predicted molar refractivity (Wildman–Crippen MR) is 112 cm³/mol. The predicted octanol–water partition coefficient (Wildman–Crippen LogP) is 3.01. The molecule has 0 bridgehead atoms. The van der Waals surface area contributed by atoms with E-state index in [1.54, 1.807) is 19.0 Å². The topological polar surface area (TPSA) is 56.7 Å². The van der Waals surface area contributed by atoms with E-state index in [1.807, 2.05) is 30.3 Å². The fraction of sp³-hybridized carbons (Fsp3) is 0.556. The highest BCUT2D eigenvalue weighted by atomic mass is 127. The summed E-state index contributed by atoms with van der Waals surface area (Å²) in [6, 6.07) is 10.1. The zero-order chi connectivity index (χ0) is 16.9. The minimum absolute atomic E-state index is 0. The number of benzene rings is 1. The molecule has 1 amide bonds. The van der Waals surface area contributed by atoms with Crippen molar-refractivity contribution in [3.63, 3.8) is 0 Å². The van der Waals surface area contributed by atoms with Crippen molar-refractivity contribution in [2.24, 2.45) is 4.99 Å². The fourth-order valence-corrected chi connectivity index (χ4v) is 2.00. The summed E-state index contributed by atoms with van der Waals surface area (Å²) in [6.45, 7) is 3.93. The lowest BCUT2D eigenvalue weighted by atomic mass is 10.2. The van der Waals surface area contributed by atoms with Crippen LogP contribution < -0.4 is 10.6 Å². The standard InChI is InChI=1S/C18H30N4O.HI/c1-4-5-6-10-13-19-18(21-15-17(23)22(2)3)20-14-16-11-8-7-9-12-16;/h7-9,11-12H,4-6,10,13-15H2,1-3H3,(H2,19,20,21);1H. The van der Waals surface area contributed by atoms with E-state index in [-0.39, 0.29) is 36.4 Å². The van der Waals surface area contributed by atoms with Crippen molar-refractivity contribution in [3.05, 3.63) is 35.9 Å². The molecule has 24 heavy (non-hydrogen) atoms. The number of hydrogen-bond donors (Lipinski definition) is 2. The number of likely N-dealkylation sites (N-methyl/N-ethyl adjacent to an activating group) is 1. The third-order valence-corrected chi connectivity index (χ3v) is 3.49. The van der Waals surface area contributed by atoms with E-state index in [4.69, 9.17) is 0 Å². The Morgan fingerprint density at radius 2 is 1.79 bits per heavy atom. The van der Waals surface area contributed by atoms with Crippen LogP contribution in [0.4, 0.5) is 0 Å². The second-order valence-electron chi connectivity index (χ2n) is 5.78. The summed E-state index contributed by atoms with van der Waals surface area (Å²) in [7, 11) is 3.51. The number of nitrogens with zero attached hydrogens (tertiary/aromatic N) is 2. The van der Waals surface area contributed by atoms with E-state index in [0.29, 0.717) is 12.5 Å². The summed E-state index contributed by atoms with van der Waals surface area (Å²) in [6.07, 6.45) is 4.81. The highest BCUT2D eigenvalue weighted by Gasteiger charge is 2.05. The van der Waals surface area contributed by atoms with Gasteiger partial charge in [0, 0.05) is 20.6 Å². The molecule has 0 saturated carbocycles. The Bertz CT molecular complexity index is 477. The van der Waals surface area contributed by atoms with Crippen LogP contribution in [-0.2, 0) is 11.3 Å².